The molecule has 1 aromatic heterocycles. The normalized spacial score (nSPS) is 14.5. The van der Waals surface area contributed by atoms with Gasteiger partial charge in [-0.05, 0) is 43.2 Å². The number of guanidine groups is 1. The molecule has 2 aromatic rings. The van der Waals surface area contributed by atoms with Crippen LogP contribution in [0.1, 0.15) is 29.2 Å². The molecule has 5 nitrogen and oxygen atoms in total. The van der Waals surface area contributed by atoms with Crippen LogP contribution in [0.25, 0.3) is 0 Å². The minimum atomic E-state index is 0. The number of aryl methyl sites for hydroxylation is 1. The van der Waals surface area contributed by atoms with Crippen LogP contribution in [0, 0.1) is 0 Å². The van der Waals surface area contributed by atoms with E-state index < -0.39 is 0 Å². The second-order valence-corrected chi connectivity index (χ2v) is 7.79. The zero-order valence-corrected chi connectivity index (χ0v) is 19.9. The Balaban J connectivity index is 0.00000280. The first-order valence-corrected chi connectivity index (χ1v) is 10.6. The van der Waals surface area contributed by atoms with E-state index in [1.54, 1.807) is 0 Å². The highest BCUT2D eigenvalue weighted by Gasteiger charge is 2.10. The first-order chi connectivity index (χ1) is 13.3. The zero-order valence-electron chi connectivity index (χ0n) is 16.7. The van der Waals surface area contributed by atoms with Crippen molar-refractivity contribution in [2.45, 2.75) is 33.4 Å². The molecule has 0 amide bonds. The molecule has 1 aromatic carbocycles. The van der Waals surface area contributed by atoms with Crippen LogP contribution in [0.3, 0.4) is 0 Å². The fourth-order valence-electron chi connectivity index (χ4n) is 3.02. The van der Waals surface area contributed by atoms with Gasteiger partial charge < -0.3 is 20.3 Å². The molecule has 1 saturated heterocycles. The number of nitrogens with one attached hydrogen (secondary N) is 2. The highest BCUT2D eigenvalue weighted by Crippen LogP contribution is 2.18. The number of thiophene rings is 1. The summed E-state index contributed by atoms with van der Waals surface area (Å²) in [5.74, 6) is 0.862. The lowest BCUT2D eigenvalue weighted by Gasteiger charge is -2.28. The van der Waals surface area contributed by atoms with Crippen molar-refractivity contribution >= 4 is 47.0 Å². The average molecular weight is 514 g/mol. The SMILES string of the molecule is CCNC(=NCc1ccc(N2CCOCC2)cc1)NCc1ccc(CC)s1.I. The highest BCUT2D eigenvalue weighted by atomic mass is 127. The first-order valence-electron chi connectivity index (χ1n) is 9.80. The van der Waals surface area contributed by atoms with Crippen molar-refractivity contribution in [1.29, 1.82) is 0 Å². The van der Waals surface area contributed by atoms with Gasteiger partial charge in [0, 0.05) is 35.1 Å². The third kappa shape index (κ3) is 6.93. The van der Waals surface area contributed by atoms with E-state index in [1.165, 1.54) is 21.0 Å². The average Bonchev–Trinajstić information content (AvgIpc) is 3.19. The number of aliphatic imine (C=N–C) groups is 1. The number of hydrogen-bond acceptors (Lipinski definition) is 4. The molecule has 1 aliphatic rings. The maximum Gasteiger partial charge on any atom is 0.191 e. The topological polar surface area (TPSA) is 48.9 Å². The van der Waals surface area contributed by atoms with Crippen LogP contribution in [0.4, 0.5) is 5.69 Å². The predicted octanol–water partition coefficient (Wildman–Crippen LogP) is 4.02. The number of benzene rings is 1. The summed E-state index contributed by atoms with van der Waals surface area (Å²) in [5.41, 5.74) is 2.48. The second kappa shape index (κ2) is 12.3. The Kier molecular flexibility index (Phi) is 10.1. The van der Waals surface area contributed by atoms with Gasteiger partial charge in [0.05, 0.1) is 26.3 Å². The van der Waals surface area contributed by atoms with Crippen molar-refractivity contribution in [2.24, 2.45) is 4.99 Å². The highest BCUT2D eigenvalue weighted by molar-refractivity contribution is 14.0. The quantitative estimate of drug-likeness (QED) is 0.333. The van der Waals surface area contributed by atoms with Crippen LogP contribution in [0.2, 0.25) is 0 Å². The lowest BCUT2D eigenvalue weighted by atomic mass is 10.2. The van der Waals surface area contributed by atoms with E-state index >= 15 is 0 Å². The van der Waals surface area contributed by atoms with Gasteiger partial charge in [-0.1, -0.05) is 19.1 Å². The van der Waals surface area contributed by atoms with Gasteiger partial charge in [0.1, 0.15) is 0 Å². The number of nitrogens with zero attached hydrogens (tertiary/aromatic N) is 2. The van der Waals surface area contributed by atoms with E-state index in [0.717, 1.165) is 51.8 Å². The summed E-state index contributed by atoms with van der Waals surface area (Å²) in [6.07, 6.45) is 1.10. The van der Waals surface area contributed by atoms with Gasteiger partial charge in [0.15, 0.2) is 5.96 Å². The van der Waals surface area contributed by atoms with Gasteiger partial charge in [0.25, 0.3) is 0 Å². The van der Waals surface area contributed by atoms with Crippen LogP contribution >= 0.6 is 35.3 Å². The fourth-order valence-corrected chi connectivity index (χ4v) is 3.92. The molecule has 0 saturated carbocycles. The van der Waals surface area contributed by atoms with Crippen molar-refractivity contribution in [3.8, 4) is 0 Å². The third-order valence-corrected chi connectivity index (χ3v) is 5.80. The zero-order chi connectivity index (χ0) is 18.9. The smallest absolute Gasteiger partial charge is 0.191 e. The summed E-state index contributed by atoms with van der Waals surface area (Å²) < 4.78 is 5.42. The molecule has 28 heavy (non-hydrogen) atoms. The molecule has 0 aliphatic carbocycles. The van der Waals surface area contributed by atoms with Crippen molar-refractivity contribution < 1.29 is 4.74 Å². The molecular formula is C21H31IN4OS. The standard InChI is InChI=1S/C21H30N4OS.HI/c1-3-19-9-10-20(27-19)16-24-21(22-4-2)23-15-17-5-7-18(8-6-17)25-11-13-26-14-12-25;/h5-10H,3-4,11-16H2,1-2H3,(H2,22,23,24);1H. The molecule has 0 radical (unpaired) electrons. The van der Waals surface area contributed by atoms with Crippen molar-refractivity contribution in [1.82, 2.24) is 10.6 Å². The Bertz CT molecular complexity index is 726. The monoisotopic (exact) mass is 514 g/mol. The van der Waals surface area contributed by atoms with Crippen molar-refractivity contribution in [2.75, 3.05) is 37.7 Å². The van der Waals surface area contributed by atoms with Gasteiger partial charge in [0.2, 0.25) is 0 Å². The number of morpholine rings is 1. The fraction of sp³-hybridized carbons (Fsp3) is 0.476. The lowest BCUT2D eigenvalue weighted by Crippen LogP contribution is -2.36. The minimum absolute atomic E-state index is 0. The van der Waals surface area contributed by atoms with Gasteiger partial charge in [-0.25, -0.2) is 4.99 Å². The summed E-state index contributed by atoms with van der Waals surface area (Å²) in [6, 6.07) is 13.1. The molecule has 0 unspecified atom stereocenters. The van der Waals surface area contributed by atoms with Crippen LogP contribution in [0.15, 0.2) is 41.4 Å². The van der Waals surface area contributed by atoms with Gasteiger partial charge in [-0.3, -0.25) is 0 Å². The predicted molar refractivity (Wildman–Crippen MR) is 130 cm³/mol. The summed E-state index contributed by atoms with van der Waals surface area (Å²) in [5, 5.41) is 6.76. The van der Waals surface area contributed by atoms with Crippen molar-refractivity contribution in [3.05, 3.63) is 51.7 Å². The summed E-state index contributed by atoms with van der Waals surface area (Å²) >= 11 is 1.86. The Labute approximate surface area is 189 Å². The lowest BCUT2D eigenvalue weighted by molar-refractivity contribution is 0.122. The van der Waals surface area contributed by atoms with Crippen LogP contribution in [-0.2, 0) is 24.2 Å². The molecule has 0 atom stereocenters. The van der Waals surface area contributed by atoms with Crippen LogP contribution in [-0.4, -0.2) is 38.8 Å². The molecule has 1 aliphatic heterocycles. The van der Waals surface area contributed by atoms with Gasteiger partial charge >= 0.3 is 0 Å². The maximum atomic E-state index is 5.42. The number of halogens is 1. The van der Waals surface area contributed by atoms with Gasteiger partial charge in [-0.2, -0.15) is 0 Å². The molecule has 2 heterocycles. The van der Waals surface area contributed by atoms with E-state index in [2.05, 4.69) is 65.8 Å². The number of anilines is 1. The van der Waals surface area contributed by atoms with Gasteiger partial charge in [-0.15, -0.1) is 35.3 Å². The van der Waals surface area contributed by atoms with E-state index in [-0.39, 0.29) is 24.0 Å². The second-order valence-electron chi connectivity index (χ2n) is 6.54. The molecule has 1 fully saturated rings. The summed E-state index contributed by atoms with van der Waals surface area (Å²) in [7, 11) is 0. The molecule has 0 bridgehead atoms. The molecule has 154 valence electrons. The van der Waals surface area contributed by atoms with E-state index in [9.17, 15) is 0 Å². The van der Waals surface area contributed by atoms with Crippen LogP contribution < -0.4 is 15.5 Å². The number of rotatable bonds is 7. The Morgan fingerprint density at radius 1 is 1.04 bits per heavy atom. The molecule has 3 rings (SSSR count). The van der Waals surface area contributed by atoms with E-state index in [4.69, 9.17) is 9.73 Å². The molecule has 2 N–H and O–H groups in total. The van der Waals surface area contributed by atoms with E-state index in [0.29, 0.717) is 6.54 Å². The third-order valence-electron chi connectivity index (χ3n) is 4.57. The largest absolute Gasteiger partial charge is 0.378 e. The van der Waals surface area contributed by atoms with Crippen LogP contribution in [0.5, 0.6) is 0 Å². The Morgan fingerprint density at radius 3 is 2.39 bits per heavy atom. The molecule has 7 heteroatoms. The number of ether oxygens (including phenoxy) is 1. The van der Waals surface area contributed by atoms with E-state index in [1.807, 2.05) is 11.3 Å². The molecule has 0 spiro atoms. The summed E-state index contributed by atoms with van der Waals surface area (Å²) in [6.45, 7) is 10.2. The maximum absolute atomic E-state index is 5.42. The minimum Gasteiger partial charge on any atom is -0.378 e. The number of hydrogen-bond donors (Lipinski definition) is 2. The molecular weight excluding hydrogens is 483 g/mol. The van der Waals surface area contributed by atoms with Crippen molar-refractivity contribution in [3.63, 3.8) is 0 Å². The Hall–Kier alpha value is -1.32. The first kappa shape index (κ1) is 23.0. The Morgan fingerprint density at radius 2 is 1.75 bits per heavy atom. The summed E-state index contributed by atoms with van der Waals surface area (Å²) in [4.78, 5) is 9.87.